The number of carbonyl (C=O) groups excluding carboxylic acids is 1. The molecule has 13 nitrogen and oxygen atoms in total. The second-order valence-electron chi connectivity index (χ2n) is 11.0. The van der Waals surface area contributed by atoms with Crippen molar-refractivity contribution in [3.63, 3.8) is 0 Å². The molecule has 238 valence electrons. The molecule has 1 fully saturated rings. The van der Waals surface area contributed by atoms with Crippen LogP contribution in [0.15, 0.2) is 67.2 Å². The number of hydrogen-bond acceptors (Lipinski definition) is 11. The van der Waals surface area contributed by atoms with Crippen LogP contribution in [0.3, 0.4) is 0 Å². The first-order valence-electron chi connectivity index (χ1n) is 14.6. The van der Waals surface area contributed by atoms with Crippen LogP contribution in [-0.2, 0) is 4.79 Å². The van der Waals surface area contributed by atoms with E-state index in [1.807, 2.05) is 37.0 Å². The number of likely N-dealkylation sites (tertiary alicyclic amines) is 1. The molecule has 14 heteroatoms. The molecule has 0 radical (unpaired) electrons. The molecule has 4 heterocycles. The second-order valence-corrected chi connectivity index (χ2v) is 11.0. The van der Waals surface area contributed by atoms with Crippen molar-refractivity contribution in [1.29, 1.82) is 0 Å². The Hall–Kier alpha value is -5.50. The van der Waals surface area contributed by atoms with Gasteiger partial charge in [-0.3, -0.25) is 9.69 Å². The Morgan fingerprint density at radius 1 is 1.02 bits per heavy atom. The van der Waals surface area contributed by atoms with Crippen LogP contribution in [0.2, 0.25) is 0 Å². The van der Waals surface area contributed by atoms with Crippen LogP contribution in [0.4, 0.5) is 27.3 Å². The predicted octanol–water partition coefficient (Wildman–Crippen LogP) is 5.18. The summed E-state index contributed by atoms with van der Waals surface area (Å²) in [6, 6.07) is 10.4. The van der Waals surface area contributed by atoms with E-state index in [1.165, 1.54) is 25.8 Å². The minimum Gasteiger partial charge on any atom is -0.494 e. The Morgan fingerprint density at radius 3 is 2.57 bits per heavy atom. The number of halogens is 1. The summed E-state index contributed by atoms with van der Waals surface area (Å²) in [7, 11) is 8.75. The Labute approximate surface area is 264 Å². The summed E-state index contributed by atoms with van der Waals surface area (Å²) in [6.45, 7) is 0.862. The van der Waals surface area contributed by atoms with Crippen molar-refractivity contribution in [1.82, 2.24) is 29.5 Å². The summed E-state index contributed by atoms with van der Waals surface area (Å²) in [5.41, 5.74) is 2.83. The lowest BCUT2D eigenvalue weighted by Crippen LogP contribution is -2.24. The molecule has 1 aliphatic heterocycles. The quantitative estimate of drug-likeness (QED) is 0.199. The normalized spacial score (nSPS) is 15.3. The van der Waals surface area contributed by atoms with Crippen LogP contribution in [0.5, 0.6) is 23.0 Å². The Balaban J connectivity index is 1.32. The predicted molar refractivity (Wildman–Crippen MR) is 173 cm³/mol. The molecule has 5 aromatic rings. The molecule has 0 saturated carbocycles. The number of nitrogens with zero attached hydrogens (tertiary/aromatic N) is 7. The number of carbonyl (C=O) groups is 1. The number of amides is 1. The van der Waals surface area contributed by atoms with E-state index in [2.05, 4.69) is 30.7 Å². The monoisotopic (exact) mass is 627 g/mol. The van der Waals surface area contributed by atoms with Crippen molar-refractivity contribution in [2.24, 2.45) is 0 Å². The number of ether oxygens (including phenoxy) is 3. The van der Waals surface area contributed by atoms with E-state index in [0.29, 0.717) is 51.1 Å². The first-order valence-corrected chi connectivity index (χ1v) is 14.6. The highest BCUT2D eigenvalue weighted by molar-refractivity contribution is 6.05. The zero-order valence-electron chi connectivity index (χ0n) is 26.1. The molecule has 1 aliphatic rings. The van der Waals surface area contributed by atoms with Crippen molar-refractivity contribution in [3.05, 3.63) is 67.2 Å². The molecule has 0 unspecified atom stereocenters. The highest BCUT2D eigenvalue weighted by Gasteiger charge is 2.23. The summed E-state index contributed by atoms with van der Waals surface area (Å²) in [5.74, 6) is 0.668. The zero-order chi connectivity index (χ0) is 32.4. The van der Waals surface area contributed by atoms with Crippen LogP contribution < -0.4 is 29.7 Å². The number of likely N-dealkylation sites (N-methyl/N-ethyl adjacent to an activating group) is 1. The van der Waals surface area contributed by atoms with Gasteiger partial charge < -0.3 is 29.7 Å². The third-order valence-corrected chi connectivity index (χ3v) is 7.83. The number of pyridine rings is 1. The molecule has 0 aliphatic carbocycles. The van der Waals surface area contributed by atoms with E-state index in [4.69, 9.17) is 14.2 Å². The number of aromatic nitrogens is 5. The summed E-state index contributed by atoms with van der Waals surface area (Å²) in [4.78, 5) is 29.9. The SMILES string of the molecule is COc1cc2ncnc(Nc3cc(N(C)C)c(Oc4ccn5ncnc5c4)cc3OC)c2cc1NC(=O)/C(F)=C\[C@H]1CCCN1C. The van der Waals surface area contributed by atoms with Gasteiger partial charge in [0.1, 0.15) is 35.7 Å². The summed E-state index contributed by atoms with van der Waals surface area (Å²) in [5, 5.41) is 10.7. The van der Waals surface area contributed by atoms with Gasteiger partial charge in [-0.25, -0.2) is 23.9 Å². The molecule has 46 heavy (non-hydrogen) atoms. The average molecular weight is 628 g/mol. The number of anilines is 4. The highest BCUT2D eigenvalue weighted by atomic mass is 19.1. The Kier molecular flexibility index (Phi) is 8.53. The fourth-order valence-corrected chi connectivity index (χ4v) is 5.39. The molecule has 1 amide bonds. The molecular formula is C32H34FN9O4. The van der Waals surface area contributed by atoms with E-state index >= 15 is 0 Å². The Morgan fingerprint density at radius 2 is 1.83 bits per heavy atom. The number of rotatable bonds is 10. The third kappa shape index (κ3) is 6.19. The fourth-order valence-electron chi connectivity index (χ4n) is 5.39. The van der Waals surface area contributed by atoms with Gasteiger partial charge in [-0.05, 0) is 50.7 Å². The number of methoxy groups -OCH3 is 2. The maximum atomic E-state index is 14.9. The van der Waals surface area contributed by atoms with Crippen molar-refractivity contribution < 1.29 is 23.4 Å². The van der Waals surface area contributed by atoms with Crippen LogP contribution in [0.25, 0.3) is 16.6 Å². The van der Waals surface area contributed by atoms with E-state index in [-0.39, 0.29) is 11.7 Å². The molecule has 2 aromatic carbocycles. The lowest BCUT2D eigenvalue weighted by molar-refractivity contribution is -0.114. The summed E-state index contributed by atoms with van der Waals surface area (Å²) >= 11 is 0. The molecular weight excluding hydrogens is 593 g/mol. The first kappa shape index (κ1) is 30.5. The molecule has 0 spiro atoms. The van der Waals surface area contributed by atoms with E-state index < -0.39 is 11.7 Å². The summed E-state index contributed by atoms with van der Waals surface area (Å²) < 4.78 is 34.1. The van der Waals surface area contributed by atoms with Crippen molar-refractivity contribution in [2.45, 2.75) is 18.9 Å². The van der Waals surface area contributed by atoms with Crippen molar-refractivity contribution in [3.8, 4) is 23.0 Å². The fraction of sp³-hybridized carbons (Fsp3) is 0.281. The van der Waals surface area contributed by atoms with Crippen LogP contribution in [0, 0.1) is 0 Å². The second kappa shape index (κ2) is 12.9. The van der Waals surface area contributed by atoms with E-state index in [9.17, 15) is 9.18 Å². The van der Waals surface area contributed by atoms with Gasteiger partial charge in [-0.15, -0.1) is 0 Å². The van der Waals surface area contributed by atoms with Gasteiger partial charge in [0.15, 0.2) is 17.2 Å². The van der Waals surface area contributed by atoms with Gasteiger partial charge >= 0.3 is 0 Å². The van der Waals surface area contributed by atoms with Gasteiger partial charge in [-0.2, -0.15) is 5.10 Å². The number of nitrogens with one attached hydrogen (secondary N) is 2. The largest absolute Gasteiger partial charge is 0.494 e. The standard InChI is InChI=1S/C32H34FN9O4/c1-40(2)26-14-25(28(45-5)16-29(26)46-20-8-10-42-30(12-20)35-18-37-42)38-31-21-13-24(27(44-4)15-23(21)34-17-36-31)39-32(43)22(33)11-19-7-6-9-41(19)3/h8,10-19H,6-7,9H2,1-5H3,(H,39,43)(H,34,36,38)/b22-11+/t19-/m1/s1. The van der Waals surface area contributed by atoms with Crippen LogP contribution >= 0.6 is 0 Å². The summed E-state index contributed by atoms with van der Waals surface area (Å²) in [6.07, 6.45) is 7.78. The van der Waals surface area contributed by atoms with Crippen molar-refractivity contribution >= 4 is 45.3 Å². The van der Waals surface area contributed by atoms with Crippen molar-refractivity contribution in [2.75, 3.05) is 57.4 Å². The lowest BCUT2D eigenvalue weighted by atomic mass is 10.1. The van der Waals surface area contributed by atoms with E-state index in [1.54, 1.807) is 48.2 Å². The maximum absolute atomic E-state index is 14.9. The molecule has 3 aromatic heterocycles. The number of benzene rings is 2. The average Bonchev–Trinajstić information content (AvgIpc) is 3.69. The van der Waals surface area contributed by atoms with Gasteiger partial charge in [0, 0.05) is 49.9 Å². The smallest absolute Gasteiger partial charge is 0.284 e. The van der Waals surface area contributed by atoms with Crippen LogP contribution in [0.1, 0.15) is 12.8 Å². The zero-order valence-corrected chi connectivity index (χ0v) is 26.1. The molecule has 1 saturated heterocycles. The molecule has 2 N–H and O–H groups in total. The molecule has 0 bridgehead atoms. The molecule has 6 rings (SSSR count). The minimum absolute atomic E-state index is 0.121. The minimum atomic E-state index is -0.861. The number of hydrogen-bond donors (Lipinski definition) is 2. The molecule has 1 atom stereocenters. The van der Waals surface area contributed by atoms with Gasteiger partial charge in [0.25, 0.3) is 5.91 Å². The highest BCUT2D eigenvalue weighted by Crippen LogP contribution is 2.42. The van der Waals surface area contributed by atoms with Gasteiger partial charge in [-0.1, -0.05) is 0 Å². The maximum Gasteiger partial charge on any atom is 0.284 e. The van der Waals surface area contributed by atoms with Gasteiger partial charge in [0.2, 0.25) is 0 Å². The van der Waals surface area contributed by atoms with Crippen LogP contribution in [-0.4, -0.2) is 83.3 Å². The van der Waals surface area contributed by atoms with E-state index in [0.717, 1.165) is 25.1 Å². The third-order valence-electron chi connectivity index (χ3n) is 7.83. The lowest BCUT2D eigenvalue weighted by Gasteiger charge is -2.21. The first-order chi connectivity index (χ1) is 22.2. The van der Waals surface area contributed by atoms with Gasteiger partial charge in [0.05, 0.1) is 36.8 Å². The number of fused-ring (bicyclic) bond motifs is 2. The Bertz CT molecular complexity index is 1940. The topological polar surface area (TPSA) is 131 Å².